The lowest BCUT2D eigenvalue weighted by Crippen LogP contribution is -1.99. The minimum absolute atomic E-state index is 0. The molecule has 88 valence electrons. The normalized spacial score (nSPS) is 9.47. The molecule has 0 spiro atoms. The average Bonchev–Trinajstić information content (AvgIpc) is 2.15. The first-order valence-corrected chi connectivity index (χ1v) is 5.90. The van der Waals surface area contributed by atoms with Gasteiger partial charge in [-0.2, -0.15) is 0 Å². The lowest BCUT2D eigenvalue weighted by molar-refractivity contribution is -0.141. The minimum atomic E-state index is -0.159. The third-order valence-corrected chi connectivity index (χ3v) is 2.30. The maximum absolute atomic E-state index is 10.4. The van der Waals surface area contributed by atoms with Gasteiger partial charge in [-0.3, -0.25) is 4.79 Å². The van der Waals surface area contributed by atoms with E-state index in [2.05, 4.69) is 6.92 Å². The second kappa shape index (κ2) is 14.2. The molecule has 0 unspecified atom stereocenters. The third-order valence-electron chi connectivity index (χ3n) is 2.30. The average molecular weight is 227 g/mol. The van der Waals surface area contributed by atoms with E-state index in [1.54, 1.807) is 0 Å². The molecule has 0 rings (SSSR count). The molecule has 0 aliphatic rings. The lowest BCUT2D eigenvalue weighted by Gasteiger charge is -2.02. The molecule has 0 amide bonds. The van der Waals surface area contributed by atoms with E-state index in [1.807, 2.05) is 0 Å². The summed E-state index contributed by atoms with van der Waals surface area (Å²) in [6, 6.07) is 0. The van der Waals surface area contributed by atoms with Crippen molar-refractivity contribution >= 4 is 29.0 Å². The van der Waals surface area contributed by atoms with Gasteiger partial charge in [0, 0.05) is 6.92 Å². The Kier molecular flexibility index (Phi) is 16.7. The van der Waals surface area contributed by atoms with Crippen molar-refractivity contribution in [1.29, 1.82) is 0 Å². The summed E-state index contributed by atoms with van der Waals surface area (Å²) in [4.78, 5) is 10.4. The highest BCUT2D eigenvalue weighted by Crippen LogP contribution is 2.08. The van der Waals surface area contributed by atoms with Crippen LogP contribution in [0.3, 0.4) is 0 Å². The fraction of sp³-hybridized carbons (Fsp3) is 0.917. The number of hydrogen-bond acceptors (Lipinski definition) is 2. The monoisotopic (exact) mass is 226 g/mol. The van der Waals surface area contributed by atoms with Crippen LogP contribution in [0.4, 0.5) is 0 Å². The van der Waals surface area contributed by atoms with Gasteiger partial charge in [-0.15, -0.1) is 0 Å². The van der Waals surface area contributed by atoms with Crippen LogP contribution in [0.15, 0.2) is 0 Å². The highest BCUT2D eigenvalue weighted by atomic mass is 24.3. The first-order valence-electron chi connectivity index (χ1n) is 5.90. The predicted molar refractivity (Wildman–Crippen MR) is 67.8 cm³/mol. The van der Waals surface area contributed by atoms with Crippen molar-refractivity contribution in [3.63, 3.8) is 0 Å². The summed E-state index contributed by atoms with van der Waals surface area (Å²) in [5.74, 6) is -0.159. The van der Waals surface area contributed by atoms with Crippen LogP contribution in [0.5, 0.6) is 0 Å². The van der Waals surface area contributed by atoms with Crippen LogP contribution in [0.25, 0.3) is 0 Å². The van der Waals surface area contributed by atoms with E-state index in [4.69, 9.17) is 4.74 Å². The number of ether oxygens (including phenoxy) is 1. The van der Waals surface area contributed by atoms with Crippen molar-refractivity contribution in [2.75, 3.05) is 6.61 Å². The van der Waals surface area contributed by atoms with Gasteiger partial charge in [0.2, 0.25) is 0 Å². The van der Waals surface area contributed by atoms with E-state index >= 15 is 0 Å². The Bertz CT molecular complexity index is 138. The summed E-state index contributed by atoms with van der Waals surface area (Å²) in [7, 11) is 0. The standard InChI is InChI=1S/C12H24O2.Mg.2H/c1-3-4-5-6-7-8-9-10-11-14-12(2)13;;;/h3-11H2,1-2H3;;;. The largest absolute Gasteiger partial charge is 0.466 e. The molecular formula is C12H26MgO2. The van der Waals surface area contributed by atoms with Crippen LogP contribution in [0.2, 0.25) is 0 Å². The van der Waals surface area contributed by atoms with Crippen LogP contribution in [0, 0.1) is 0 Å². The molecule has 0 aromatic carbocycles. The molecule has 0 fully saturated rings. The zero-order chi connectivity index (χ0) is 10.6. The summed E-state index contributed by atoms with van der Waals surface area (Å²) >= 11 is 0. The van der Waals surface area contributed by atoms with Gasteiger partial charge >= 0.3 is 29.0 Å². The van der Waals surface area contributed by atoms with Crippen molar-refractivity contribution in [3.05, 3.63) is 0 Å². The molecule has 0 bridgehead atoms. The molecule has 0 aliphatic heterocycles. The number of unbranched alkanes of at least 4 members (excludes halogenated alkanes) is 7. The zero-order valence-corrected chi connectivity index (χ0v) is 9.68. The number of rotatable bonds is 9. The molecule has 0 saturated carbocycles. The van der Waals surface area contributed by atoms with Crippen LogP contribution >= 0.6 is 0 Å². The number of carbonyl (C=O) groups excluding carboxylic acids is 1. The van der Waals surface area contributed by atoms with E-state index in [1.165, 1.54) is 51.9 Å². The summed E-state index contributed by atoms with van der Waals surface area (Å²) in [6.45, 7) is 4.30. The van der Waals surface area contributed by atoms with Gasteiger partial charge in [0.15, 0.2) is 0 Å². The molecule has 3 heteroatoms. The Morgan fingerprint density at radius 2 is 1.40 bits per heavy atom. The Morgan fingerprint density at radius 1 is 0.933 bits per heavy atom. The van der Waals surface area contributed by atoms with Crippen molar-refractivity contribution in [3.8, 4) is 0 Å². The molecule has 0 aliphatic carbocycles. The lowest BCUT2D eigenvalue weighted by atomic mass is 10.1. The third kappa shape index (κ3) is 16.9. The Morgan fingerprint density at radius 3 is 1.87 bits per heavy atom. The molecule has 0 atom stereocenters. The van der Waals surface area contributed by atoms with Gasteiger partial charge in [-0.25, -0.2) is 0 Å². The van der Waals surface area contributed by atoms with Crippen molar-refractivity contribution in [1.82, 2.24) is 0 Å². The van der Waals surface area contributed by atoms with Gasteiger partial charge < -0.3 is 4.74 Å². The molecule has 0 heterocycles. The fourth-order valence-corrected chi connectivity index (χ4v) is 1.45. The number of carbonyl (C=O) groups is 1. The van der Waals surface area contributed by atoms with E-state index in [0.717, 1.165) is 6.42 Å². The van der Waals surface area contributed by atoms with Crippen LogP contribution in [-0.4, -0.2) is 35.6 Å². The van der Waals surface area contributed by atoms with Crippen molar-refractivity contribution < 1.29 is 9.53 Å². The predicted octanol–water partition coefficient (Wildman–Crippen LogP) is 2.77. The zero-order valence-electron chi connectivity index (χ0n) is 9.68. The molecule has 0 N–H and O–H groups in total. The number of esters is 1. The van der Waals surface area contributed by atoms with Gasteiger partial charge in [-0.1, -0.05) is 51.9 Å². The molecule has 0 saturated heterocycles. The van der Waals surface area contributed by atoms with E-state index in [9.17, 15) is 4.79 Å². The molecular weight excluding hydrogens is 200 g/mol. The Balaban J connectivity index is 0. The Labute approximate surface area is 110 Å². The fourth-order valence-electron chi connectivity index (χ4n) is 1.45. The van der Waals surface area contributed by atoms with Gasteiger partial charge in [-0.05, 0) is 6.42 Å². The smallest absolute Gasteiger partial charge is 0.316 e. The summed E-state index contributed by atoms with van der Waals surface area (Å²) < 4.78 is 4.85. The second-order valence-corrected chi connectivity index (χ2v) is 3.81. The summed E-state index contributed by atoms with van der Waals surface area (Å²) in [5, 5.41) is 0. The second-order valence-electron chi connectivity index (χ2n) is 3.81. The minimum Gasteiger partial charge on any atom is -0.466 e. The van der Waals surface area contributed by atoms with Gasteiger partial charge in [0.1, 0.15) is 0 Å². The highest BCUT2D eigenvalue weighted by molar-refractivity contribution is 5.75. The van der Waals surface area contributed by atoms with Crippen molar-refractivity contribution in [2.45, 2.75) is 65.2 Å². The SMILES string of the molecule is CCCCCCCCCCOC(C)=O.[MgH2]. The van der Waals surface area contributed by atoms with Gasteiger partial charge in [0.25, 0.3) is 0 Å². The van der Waals surface area contributed by atoms with E-state index in [0.29, 0.717) is 6.61 Å². The first kappa shape index (κ1) is 17.6. The molecule has 15 heavy (non-hydrogen) atoms. The van der Waals surface area contributed by atoms with Crippen LogP contribution < -0.4 is 0 Å². The highest BCUT2D eigenvalue weighted by Gasteiger charge is 1.93. The molecule has 0 aromatic rings. The molecule has 2 nitrogen and oxygen atoms in total. The first-order chi connectivity index (χ1) is 6.77. The quantitative estimate of drug-likeness (QED) is 0.343. The summed E-state index contributed by atoms with van der Waals surface area (Å²) in [6.07, 6.45) is 10.2. The topological polar surface area (TPSA) is 26.3 Å². The maximum Gasteiger partial charge on any atom is 0.316 e. The number of hydrogen-bond donors (Lipinski definition) is 0. The molecule has 0 radical (unpaired) electrons. The van der Waals surface area contributed by atoms with E-state index < -0.39 is 0 Å². The van der Waals surface area contributed by atoms with Crippen LogP contribution in [0.1, 0.15) is 65.2 Å². The Hall–Kier alpha value is 0.236. The van der Waals surface area contributed by atoms with Gasteiger partial charge in [0.05, 0.1) is 6.61 Å². The van der Waals surface area contributed by atoms with Crippen molar-refractivity contribution in [2.24, 2.45) is 0 Å². The summed E-state index contributed by atoms with van der Waals surface area (Å²) in [5.41, 5.74) is 0. The molecule has 0 aromatic heterocycles. The van der Waals surface area contributed by atoms with E-state index in [-0.39, 0.29) is 29.0 Å². The van der Waals surface area contributed by atoms with Crippen LogP contribution in [-0.2, 0) is 9.53 Å². The maximum atomic E-state index is 10.4.